The number of carbonyl (C=O) groups excluding carboxylic acids is 3. The molecule has 54 heavy (non-hydrogen) atoms. The van der Waals surface area contributed by atoms with Gasteiger partial charge in [0, 0.05) is 37.0 Å². The Morgan fingerprint density at radius 3 is 2.37 bits per heavy atom. The van der Waals surface area contributed by atoms with E-state index in [1.165, 1.54) is 0 Å². The highest BCUT2D eigenvalue weighted by atomic mass is 16.7. The van der Waals surface area contributed by atoms with Gasteiger partial charge < -0.3 is 49.8 Å². The number of hydrogen-bond acceptors (Lipinski definition) is 12. The summed E-state index contributed by atoms with van der Waals surface area (Å²) >= 11 is 0. The van der Waals surface area contributed by atoms with Gasteiger partial charge in [-0.05, 0) is 69.4 Å². The maximum absolute atomic E-state index is 13.6. The van der Waals surface area contributed by atoms with Crippen LogP contribution in [0.15, 0.2) is 35.5 Å². The predicted molar refractivity (Wildman–Crippen MR) is 201 cm³/mol. The average molecular weight is 766 g/mol. The van der Waals surface area contributed by atoms with Gasteiger partial charge in [-0.1, -0.05) is 65.8 Å². The summed E-state index contributed by atoms with van der Waals surface area (Å²) < 4.78 is 29.8. The van der Waals surface area contributed by atoms with Crippen LogP contribution in [0.1, 0.15) is 114 Å². The van der Waals surface area contributed by atoms with Crippen LogP contribution in [-0.4, -0.2) is 99.2 Å². The van der Waals surface area contributed by atoms with Crippen LogP contribution in [0.2, 0.25) is 0 Å². The normalized spacial score (nSPS) is 38.5. The van der Waals surface area contributed by atoms with E-state index in [-0.39, 0.29) is 30.5 Å². The molecule has 0 aliphatic carbocycles. The number of fused-ring (bicyclic) bond motifs is 2. The van der Waals surface area contributed by atoms with Gasteiger partial charge in [-0.3, -0.25) is 9.59 Å². The fourth-order valence-corrected chi connectivity index (χ4v) is 7.99. The fraction of sp³-hybridized carbons (Fsp3) is 0.780. The molecule has 3 aliphatic heterocycles. The number of rotatable bonds is 10. The summed E-state index contributed by atoms with van der Waals surface area (Å²) in [6.07, 6.45) is 1.87. The lowest BCUT2D eigenvalue weighted by Crippen LogP contribution is -2.50. The number of primary amides is 1. The van der Waals surface area contributed by atoms with Crippen molar-refractivity contribution in [2.45, 2.75) is 175 Å². The number of cyclic esters (lactones) is 1. The quantitative estimate of drug-likeness (QED) is 0.147. The molecule has 0 aromatic carbocycles. The third-order valence-corrected chi connectivity index (χ3v) is 11.5. The molecule has 2 bridgehead atoms. The first kappa shape index (κ1) is 45.7. The molecule has 9 unspecified atom stereocenters. The summed E-state index contributed by atoms with van der Waals surface area (Å²) in [4.78, 5) is 37.5. The number of ether oxygens (including phenoxy) is 5. The highest BCUT2D eigenvalue weighted by Gasteiger charge is 2.42. The Labute approximate surface area is 321 Å². The molecule has 1 saturated heterocycles. The van der Waals surface area contributed by atoms with E-state index in [2.05, 4.69) is 0 Å². The van der Waals surface area contributed by atoms with E-state index in [0.717, 1.165) is 11.1 Å². The number of Topliss-reactive ketones (excluding diaryl/α,β-unsaturated/α-hetero) is 1. The van der Waals surface area contributed by atoms with Crippen molar-refractivity contribution in [2.75, 3.05) is 0 Å². The first-order valence-electron chi connectivity index (χ1n) is 19.7. The van der Waals surface area contributed by atoms with Crippen molar-refractivity contribution < 1.29 is 58.5 Å². The van der Waals surface area contributed by atoms with Crippen molar-refractivity contribution in [1.29, 1.82) is 0 Å². The molecule has 0 saturated carbocycles. The Kier molecular flexibility index (Phi) is 17.4. The molecule has 13 heteroatoms. The average Bonchev–Trinajstić information content (AvgIpc) is 3.11. The van der Waals surface area contributed by atoms with Gasteiger partial charge in [-0.25, -0.2) is 4.79 Å². The molecule has 308 valence electrons. The largest absolute Gasteiger partial charge is 0.462 e. The third kappa shape index (κ3) is 12.7. The van der Waals surface area contributed by atoms with Crippen molar-refractivity contribution in [3.8, 4) is 0 Å². The summed E-state index contributed by atoms with van der Waals surface area (Å²) in [7, 11) is 0. The molecule has 0 radical (unpaired) electrons. The fourth-order valence-electron chi connectivity index (χ4n) is 7.99. The van der Waals surface area contributed by atoms with Gasteiger partial charge in [0.05, 0.1) is 30.8 Å². The number of amides is 1. The van der Waals surface area contributed by atoms with Crippen LogP contribution in [0.25, 0.3) is 0 Å². The zero-order chi connectivity index (χ0) is 40.5. The first-order chi connectivity index (χ1) is 25.3. The molecule has 6 N–H and O–H groups in total. The number of carbonyl (C=O) groups is 3. The second-order valence-electron chi connectivity index (χ2n) is 16.1. The SMILES string of the molecule is CCC(=O)C(C)C(O)[C@H](C)C[C@@H](C)[C@H]1OC(=O)CC2(O)CC=C(C)C(O2)/C(C)=C/CCCC(OC2CC(OC(N)=O)C(O)C(C)O2)/C=C/[C@H](C)[C@H](O)[C@H]1C. The number of aliphatic hydroxyl groups excluding tert-OH is 3. The van der Waals surface area contributed by atoms with Crippen LogP contribution >= 0.6 is 0 Å². The van der Waals surface area contributed by atoms with E-state index in [1.807, 2.05) is 65.8 Å². The van der Waals surface area contributed by atoms with E-state index in [9.17, 15) is 34.8 Å². The minimum atomic E-state index is -1.80. The molecule has 3 aliphatic rings. The number of aliphatic hydroxyl groups is 4. The zero-order valence-electron chi connectivity index (χ0n) is 33.7. The number of ketones is 1. The smallest absolute Gasteiger partial charge is 0.404 e. The number of allylic oxidation sites excluding steroid dienone is 1. The van der Waals surface area contributed by atoms with E-state index in [0.29, 0.717) is 32.1 Å². The number of nitrogens with two attached hydrogens (primary N) is 1. The predicted octanol–water partition coefficient (Wildman–Crippen LogP) is 5.01. The maximum atomic E-state index is 13.6. The van der Waals surface area contributed by atoms with Gasteiger partial charge in [0.1, 0.15) is 30.2 Å². The van der Waals surface area contributed by atoms with Crippen molar-refractivity contribution in [1.82, 2.24) is 0 Å². The lowest BCUT2D eigenvalue weighted by Gasteiger charge is -2.39. The molecule has 13 nitrogen and oxygen atoms in total. The zero-order valence-corrected chi connectivity index (χ0v) is 33.7. The standard InChI is InChI=1S/C41H67NO12/c1-10-31(43)27(7)36(46)25(5)19-26(6)39-28(8)35(45)22(2)15-16-30(51-34-20-32(52-40(42)48)37(47)29(9)50-34)14-12-11-13-23(3)38-24(4)17-18-41(49,54-38)21-33(44)53-39/h13,15-17,22,25-30,32,34-39,45-47,49H,10-12,14,18-21H2,1-9H3,(H2,42,48)/b16-15+,23-13+/t22-,25+,26+,27?,28+,29?,30?,32?,34?,35-,36?,37?,38?,39+,41?/m0/s1. The van der Waals surface area contributed by atoms with Crippen LogP contribution in [0.3, 0.4) is 0 Å². The van der Waals surface area contributed by atoms with Gasteiger partial charge in [0.2, 0.25) is 0 Å². The summed E-state index contributed by atoms with van der Waals surface area (Å²) in [5, 5.41) is 44.8. The second-order valence-corrected chi connectivity index (χ2v) is 16.1. The lowest BCUT2D eigenvalue weighted by molar-refractivity contribution is -0.254. The monoisotopic (exact) mass is 765 g/mol. The van der Waals surface area contributed by atoms with Crippen molar-refractivity contribution in [2.24, 2.45) is 35.3 Å². The van der Waals surface area contributed by atoms with Crippen molar-refractivity contribution >= 4 is 17.8 Å². The molecule has 3 heterocycles. The first-order valence-corrected chi connectivity index (χ1v) is 19.7. The summed E-state index contributed by atoms with van der Waals surface area (Å²) in [5.41, 5.74) is 7.05. The summed E-state index contributed by atoms with van der Waals surface area (Å²) in [5.74, 6) is -4.73. The topological polar surface area (TPSA) is 204 Å². The molecule has 1 amide bonds. The van der Waals surface area contributed by atoms with E-state index >= 15 is 0 Å². The van der Waals surface area contributed by atoms with Gasteiger partial charge in [0.15, 0.2) is 12.1 Å². The third-order valence-electron chi connectivity index (χ3n) is 11.5. The molecule has 1 fully saturated rings. The van der Waals surface area contributed by atoms with E-state index < -0.39 is 97.1 Å². The number of hydrogen-bond donors (Lipinski definition) is 5. The van der Waals surface area contributed by atoms with Gasteiger partial charge in [-0.15, -0.1) is 0 Å². The van der Waals surface area contributed by atoms with Crippen LogP contribution in [0.4, 0.5) is 4.79 Å². The van der Waals surface area contributed by atoms with Crippen LogP contribution in [0.5, 0.6) is 0 Å². The highest BCUT2D eigenvalue weighted by molar-refractivity contribution is 5.80. The van der Waals surface area contributed by atoms with Crippen LogP contribution in [0, 0.1) is 29.6 Å². The van der Waals surface area contributed by atoms with Crippen LogP contribution in [-0.2, 0) is 33.3 Å². The Hall–Kier alpha value is -2.65. The highest BCUT2D eigenvalue weighted by Crippen LogP contribution is 2.36. The number of esters is 1. The van der Waals surface area contributed by atoms with Crippen molar-refractivity contribution in [3.63, 3.8) is 0 Å². The Bertz CT molecular complexity index is 1350. The molecular weight excluding hydrogens is 698 g/mol. The Balaban J connectivity index is 1.94. The van der Waals surface area contributed by atoms with Gasteiger partial charge in [-0.2, -0.15) is 0 Å². The summed E-state index contributed by atoms with van der Waals surface area (Å²) in [6, 6.07) is 0. The Morgan fingerprint density at radius 2 is 1.72 bits per heavy atom. The minimum absolute atomic E-state index is 0.0364. The van der Waals surface area contributed by atoms with E-state index in [4.69, 9.17) is 29.4 Å². The van der Waals surface area contributed by atoms with Crippen molar-refractivity contribution in [3.05, 3.63) is 35.5 Å². The molecule has 15 atom stereocenters. The second kappa shape index (κ2) is 20.5. The van der Waals surface area contributed by atoms with E-state index in [1.54, 1.807) is 20.8 Å². The molecule has 0 aromatic rings. The minimum Gasteiger partial charge on any atom is -0.462 e. The summed E-state index contributed by atoms with van der Waals surface area (Å²) in [6.45, 7) is 16.4. The lowest BCUT2D eigenvalue weighted by atomic mass is 9.78. The Morgan fingerprint density at radius 1 is 1.06 bits per heavy atom. The molecule has 0 aromatic heterocycles. The molecule has 3 rings (SSSR count). The molecule has 0 spiro atoms. The van der Waals surface area contributed by atoms with Crippen LogP contribution < -0.4 is 5.73 Å². The molecular formula is C41H67NO12. The van der Waals surface area contributed by atoms with Gasteiger partial charge in [0.25, 0.3) is 0 Å². The maximum Gasteiger partial charge on any atom is 0.404 e. The van der Waals surface area contributed by atoms with Gasteiger partial charge >= 0.3 is 12.1 Å².